The summed E-state index contributed by atoms with van der Waals surface area (Å²) >= 11 is 0. The zero-order valence-corrected chi connectivity index (χ0v) is 12.7. The van der Waals surface area contributed by atoms with E-state index in [1.54, 1.807) is 24.3 Å². The number of aldehydes is 1. The molecule has 0 radical (unpaired) electrons. The van der Waals surface area contributed by atoms with Gasteiger partial charge in [0.2, 0.25) is 5.82 Å². The maximum atomic E-state index is 12.5. The monoisotopic (exact) mass is 348 g/mol. The Kier molecular flexibility index (Phi) is 4.51. The van der Waals surface area contributed by atoms with Crippen molar-refractivity contribution >= 4 is 6.29 Å². The summed E-state index contributed by atoms with van der Waals surface area (Å²) < 4.78 is 48.1. The molecular formula is C17H11F3N2O3. The number of halogens is 3. The van der Waals surface area contributed by atoms with Crippen molar-refractivity contribution in [3.63, 3.8) is 0 Å². The van der Waals surface area contributed by atoms with Crippen LogP contribution in [-0.4, -0.2) is 16.4 Å². The molecular weight excluding hydrogens is 337 g/mol. The van der Waals surface area contributed by atoms with Crippen molar-refractivity contribution in [1.82, 2.24) is 10.1 Å². The van der Waals surface area contributed by atoms with Crippen LogP contribution in [0.4, 0.5) is 13.2 Å². The maximum absolute atomic E-state index is 12.5. The van der Waals surface area contributed by atoms with Gasteiger partial charge in [0.15, 0.2) is 6.61 Å². The summed E-state index contributed by atoms with van der Waals surface area (Å²) in [6, 6.07) is 10.9. The number of carbonyl (C=O) groups is 1. The molecule has 0 amide bonds. The van der Waals surface area contributed by atoms with Crippen molar-refractivity contribution in [2.24, 2.45) is 0 Å². The van der Waals surface area contributed by atoms with Gasteiger partial charge in [0.1, 0.15) is 12.0 Å². The first-order valence-corrected chi connectivity index (χ1v) is 7.14. The topological polar surface area (TPSA) is 65.2 Å². The molecule has 2 aromatic carbocycles. The third-order valence-electron chi connectivity index (χ3n) is 3.31. The Morgan fingerprint density at radius 1 is 1.04 bits per heavy atom. The summed E-state index contributed by atoms with van der Waals surface area (Å²) in [5.41, 5.74) is 0.150. The van der Waals surface area contributed by atoms with Crippen LogP contribution in [0.15, 0.2) is 53.1 Å². The molecule has 1 aromatic heterocycles. The van der Waals surface area contributed by atoms with E-state index in [-0.39, 0.29) is 18.3 Å². The molecule has 0 saturated heterocycles. The van der Waals surface area contributed by atoms with Gasteiger partial charge < -0.3 is 9.26 Å². The Hall–Kier alpha value is -3.16. The van der Waals surface area contributed by atoms with Crippen LogP contribution >= 0.6 is 0 Å². The summed E-state index contributed by atoms with van der Waals surface area (Å²) in [7, 11) is 0. The van der Waals surface area contributed by atoms with Crippen molar-refractivity contribution in [3.05, 3.63) is 65.5 Å². The maximum Gasteiger partial charge on any atom is 0.416 e. The van der Waals surface area contributed by atoms with Gasteiger partial charge in [-0.15, -0.1) is 0 Å². The van der Waals surface area contributed by atoms with E-state index in [0.29, 0.717) is 16.9 Å². The fraction of sp³-hybridized carbons (Fsp3) is 0.118. The van der Waals surface area contributed by atoms with E-state index < -0.39 is 11.7 Å². The molecule has 0 fully saturated rings. The van der Waals surface area contributed by atoms with Gasteiger partial charge >= 0.3 is 6.18 Å². The van der Waals surface area contributed by atoms with Gasteiger partial charge in [0.25, 0.3) is 5.89 Å². The highest BCUT2D eigenvalue weighted by atomic mass is 19.4. The van der Waals surface area contributed by atoms with Crippen LogP contribution in [-0.2, 0) is 12.8 Å². The highest BCUT2D eigenvalue weighted by molar-refractivity contribution is 5.74. The molecule has 25 heavy (non-hydrogen) atoms. The minimum atomic E-state index is -4.40. The normalized spacial score (nSPS) is 11.3. The van der Waals surface area contributed by atoms with Crippen LogP contribution in [0.2, 0.25) is 0 Å². The van der Waals surface area contributed by atoms with Crippen LogP contribution in [0.1, 0.15) is 21.7 Å². The fourth-order valence-electron chi connectivity index (χ4n) is 2.02. The number of hydrogen-bond donors (Lipinski definition) is 0. The summed E-state index contributed by atoms with van der Waals surface area (Å²) in [4.78, 5) is 14.7. The molecule has 0 unspecified atom stereocenters. The molecule has 0 bridgehead atoms. The molecule has 0 aliphatic rings. The summed E-state index contributed by atoms with van der Waals surface area (Å²) in [5.74, 6) is 0.865. The fourth-order valence-corrected chi connectivity index (χ4v) is 2.02. The average molecular weight is 348 g/mol. The van der Waals surface area contributed by atoms with E-state index in [4.69, 9.17) is 9.26 Å². The molecule has 0 aliphatic carbocycles. The van der Waals surface area contributed by atoms with Gasteiger partial charge in [0, 0.05) is 11.1 Å². The number of ether oxygens (including phenoxy) is 1. The van der Waals surface area contributed by atoms with E-state index in [9.17, 15) is 18.0 Å². The van der Waals surface area contributed by atoms with Gasteiger partial charge in [0.05, 0.1) is 5.56 Å². The van der Waals surface area contributed by atoms with Crippen molar-refractivity contribution in [1.29, 1.82) is 0 Å². The summed E-state index contributed by atoms with van der Waals surface area (Å²) in [6.45, 7) is 0.0184. The quantitative estimate of drug-likeness (QED) is 0.648. The van der Waals surface area contributed by atoms with Gasteiger partial charge in [-0.05, 0) is 48.5 Å². The first-order chi connectivity index (χ1) is 12.0. The van der Waals surface area contributed by atoms with Crippen LogP contribution < -0.4 is 4.74 Å². The van der Waals surface area contributed by atoms with Gasteiger partial charge in [-0.2, -0.15) is 18.2 Å². The zero-order chi connectivity index (χ0) is 17.9. The Morgan fingerprint density at radius 2 is 1.72 bits per heavy atom. The van der Waals surface area contributed by atoms with Crippen molar-refractivity contribution < 1.29 is 27.2 Å². The lowest BCUT2D eigenvalue weighted by atomic mass is 10.1. The van der Waals surface area contributed by atoms with E-state index in [1.807, 2.05) is 0 Å². The lowest BCUT2D eigenvalue weighted by Crippen LogP contribution is -2.04. The molecule has 0 aliphatic heterocycles. The Bertz CT molecular complexity index is 856. The molecule has 0 spiro atoms. The summed E-state index contributed by atoms with van der Waals surface area (Å²) in [6.07, 6.45) is -3.68. The molecule has 0 N–H and O–H groups in total. The van der Waals surface area contributed by atoms with E-state index >= 15 is 0 Å². The Balaban J connectivity index is 1.66. The summed E-state index contributed by atoms with van der Waals surface area (Å²) in [5, 5.41) is 3.72. The molecule has 1 heterocycles. The SMILES string of the molecule is O=Cc1ccc(OCc2noc(-c3ccc(C(F)(F)F)cc3)n2)cc1. The minimum absolute atomic E-state index is 0.0184. The third kappa shape index (κ3) is 4.03. The molecule has 128 valence electrons. The molecule has 5 nitrogen and oxygen atoms in total. The highest BCUT2D eigenvalue weighted by Crippen LogP contribution is 2.30. The first-order valence-electron chi connectivity index (χ1n) is 7.14. The Morgan fingerprint density at radius 3 is 2.32 bits per heavy atom. The smallest absolute Gasteiger partial charge is 0.416 e. The number of benzene rings is 2. The number of hydrogen-bond acceptors (Lipinski definition) is 5. The van der Waals surface area contributed by atoms with Crippen molar-refractivity contribution in [3.8, 4) is 17.2 Å². The lowest BCUT2D eigenvalue weighted by Gasteiger charge is -2.05. The largest absolute Gasteiger partial charge is 0.485 e. The zero-order valence-electron chi connectivity index (χ0n) is 12.7. The van der Waals surface area contributed by atoms with Crippen LogP contribution in [0.3, 0.4) is 0 Å². The molecule has 0 saturated carbocycles. The molecule has 3 rings (SSSR count). The second kappa shape index (κ2) is 6.76. The van der Waals surface area contributed by atoms with E-state index in [0.717, 1.165) is 18.4 Å². The van der Waals surface area contributed by atoms with E-state index in [1.165, 1.54) is 12.1 Å². The van der Waals surface area contributed by atoms with Crippen LogP contribution in [0.25, 0.3) is 11.5 Å². The standard InChI is InChI=1S/C17H11F3N2O3/c18-17(19,20)13-5-3-12(4-6-13)16-21-15(22-25-16)10-24-14-7-1-11(9-23)2-8-14/h1-9H,10H2. The molecule has 8 heteroatoms. The first kappa shape index (κ1) is 16.7. The predicted octanol–water partition coefficient (Wildman–Crippen LogP) is 4.15. The number of aromatic nitrogens is 2. The second-order valence-electron chi connectivity index (χ2n) is 5.07. The van der Waals surface area contributed by atoms with Gasteiger partial charge in [-0.3, -0.25) is 4.79 Å². The van der Waals surface area contributed by atoms with E-state index in [2.05, 4.69) is 10.1 Å². The Labute approximate surface area is 140 Å². The number of alkyl halides is 3. The molecule has 3 aromatic rings. The average Bonchev–Trinajstić information content (AvgIpc) is 3.09. The second-order valence-corrected chi connectivity index (χ2v) is 5.07. The van der Waals surface area contributed by atoms with Gasteiger partial charge in [-0.1, -0.05) is 5.16 Å². The third-order valence-corrected chi connectivity index (χ3v) is 3.31. The minimum Gasteiger partial charge on any atom is -0.485 e. The van der Waals surface area contributed by atoms with Crippen molar-refractivity contribution in [2.45, 2.75) is 12.8 Å². The number of carbonyl (C=O) groups excluding carboxylic acids is 1. The van der Waals surface area contributed by atoms with Crippen molar-refractivity contribution in [2.75, 3.05) is 0 Å². The van der Waals surface area contributed by atoms with Gasteiger partial charge in [-0.25, -0.2) is 0 Å². The van der Waals surface area contributed by atoms with Crippen LogP contribution in [0.5, 0.6) is 5.75 Å². The predicted molar refractivity (Wildman–Crippen MR) is 80.9 cm³/mol. The lowest BCUT2D eigenvalue weighted by molar-refractivity contribution is -0.137. The number of rotatable bonds is 5. The highest BCUT2D eigenvalue weighted by Gasteiger charge is 2.30. The molecule has 0 atom stereocenters. The number of nitrogens with zero attached hydrogens (tertiary/aromatic N) is 2. The van der Waals surface area contributed by atoms with Crippen LogP contribution in [0, 0.1) is 0 Å².